The molecule has 1 atom stereocenters. The van der Waals surface area contributed by atoms with Gasteiger partial charge >= 0.3 is 0 Å². The SMILES string of the molecule is CC(C)c1ccc(C(C)NCCCN2CCCC2)cc1. The van der Waals surface area contributed by atoms with E-state index in [0.717, 1.165) is 6.54 Å². The van der Waals surface area contributed by atoms with Crippen molar-refractivity contribution in [1.82, 2.24) is 10.2 Å². The summed E-state index contributed by atoms with van der Waals surface area (Å²) >= 11 is 0. The molecule has 0 saturated carbocycles. The van der Waals surface area contributed by atoms with Crippen molar-refractivity contribution in [2.24, 2.45) is 0 Å². The van der Waals surface area contributed by atoms with E-state index in [0.29, 0.717) is 12.0 Å². The average molecular weight is 274 g/mol. The lowest BCUT2D eigenvalue weighted by Crippen LogP contribution is -2.26. The molecule has 112 valence electrons. The Morgan fingerprint density at radius 3 is 2.20 bits per heavy atom. The lowest BCUT2D eigenvalue weighted by Gasteiger charge is -2.18. The van der Waals surface area contributed by atoms with Crippen LogP contribution in [0.25, 0.3) is 0 Å². The molecule has 1 aliphatic heterocycles. The monoisotopic (exact) mass is 274 g/mol. The third-order valence-corrected chi connectivity index (χ3v) is 4.40. The first-order chi connectivity index (χ1) is 9.66. The Balaban J connectivity index is 1.69. The molecule has 1 fully saturated rings. The van der Waals surface area contributed by atoms with Crippen LogP contribution in [0.5, 0.6) is 0 Å². The molecule has 1 N–H and O–H groups in total. The van der Waals surface area contributed by atoms with E-state index in [-0.39, 0.29) is 0 Å². The predicted octanol–water partition coefficient (Wildman–Crippen LogP) is 3.95. The normalized spacial score (nSPS) is 17.8. The molecular weight excluding hydrogens is 244 g/mol. The highest BCUT2D eigenvalue weighted by Gasteiger charge is 2.11. The highest BCUT2D eigenvalue weighted by molar-refractivity contribution is 5.26. The molecule has 20 heavy (non-hydrogen) atoms. The van der Waals surface area contributed by atoms with Gasteiger partial charge in [0.15, 0.2) is 0 Å². The van der Waals surface area contributed by atoms with Crippen molar-refractivity contribution in [3.8, 4) is 0 Å². The molecule has 1 aromatic carbocycles. The van der Waals surface area contributed by atoms with E-state index in [4.69, 9.17) is 0 Å². The van der Waals surface area contributed by atoms with E-state index in [1.807, 2.05) is 0 Å². The number of nitrogens with one attached hydrogen (secondary N) is 1. The summed E-state index contributed by atoms with van der Waals surface area (Å²) in [6.45, 7) is 11.7. The fourth-order valence-electron chi connectivity index (χ4n) is 2.91. The molecular formula is C18H30N2. The number of benzene rings is 1. The first-order valence-corrected chi connectivity index (χ1v) is 8.22. The zero-order valence-corrected chi connectivity index (χ0v) is 13.4. The summed E-state index contributed by atoms with van der Waals surface area (Å²) in [5, 5.41) is 3.64. The molecule has 2 nitrogen and oxygen atoms in total. The van der Waals surface area contributed by atoms with Crippen LogP contribution in [0.1, 0.15) is 63.1 Å². The number of hydrogen-bond acceptors (Lipinski definition) is 2. The Morgan fingerprint density at radius 1 is 1.00 bits per heavy atom. The Morgan fingerprint density at radius 2 is 1.60 bits per heavy atom. The zero-order chi connectivity index (χ0) is 14.4. The van der Waals surface area contributed by atoms with Crippen LogP contribution in [0.3, 0.4) is 0 Å². The minimum absolute atomic E-state index is 0.454. The molecule has 0 aliphatic carbocycles. The van der Waals surface area contributed by atoms with Crippen LogP contribution < -0.4 is 5.32 Å². The molecule has 0 amide bonds. The molecule has 1 heterocycles. The lowest BCUT2D eigenvalue weighted by molar-refractivity contribution is 0.328. The molecule has 1 saturated heterocycles. The smallest absolute Gasteiger partial charge is 0.0291 e. The molecule has 1 aromatic rings. The minimum Gasteiger partial charge on any atom is -0.310 e. The Labute approximate surface area is 124 Å². The largest absolute Gasteiger partial charge is 0.310 e. The van der Waals surface area contributed by atoms with Crippen molar-refractivity contribution < 1.29 is 0 Å². The third kappa shape index (κ3) is 4.60. The summed E-state index contributed by atoms with van der Waals surface area (Å²) in [4.78, 5) is 2.59. The minimum atomic E-state index is 0.454. The van der Waals surface area contributed by atoms with Crippen LogP contribution in [-0.4, -0.2) is 31.1 Å². The van der Waals surface area contributed by atoms with E-state index < -0.39 is 0 Å². The van der Waals surface area contributed by atoms with Crippen LogP contribution >= 0.6 is 0 Å². The lowest BCUT2D eigenvalue weighted by atomic mass is 9.99. The molecule has 0 aromatic heterocycles. The van der Waals surface area contributed by atoms with Crippen molar-refractivity contribution in [2.45, 2.75) is 52.0 Å². The van der Waals surface area contributed by atoms with Gasteiger partial charge in [-0.2, -0.15) is 0 Å². The van der Waals surface area contributed by atoms with Gasteiger partial charge in [-0.3, -0.25) is 0 Å². The van der Waals surface area contributed by atoms with Gasteiger partial charge in [0.2, 0.25) is 0 Å². The van der Waals surface area contributed by atoms with Crippen molar-refractivity contribution >= 4 is 0 Å². The van der Waals surface area contributed by atoms with Gasteiger partial charge in [0.1, 0.15) is 0 Å². The molecule has 2 heteroatoms. The predicted molar refractivity (Wildman–Crippen MR) is 87.2 cm³/mol. The summed E-state index contributed by atoms with van der Waals surface area (Å²) in [6, 6.07) is 9.53. The van der Waals surface area contributed by atoms with Crippen LogP contribution in [-0.2, 0) is 0 Å². The molecule has 0 spiro atoms. The van der Waals surface area contributed by atoms with Gasteiger partial charge in [-0.05, 0) is 69.4 Å². The summed E-state index contributed by atoms with van der Waals surface area (Å²) in [5.74, 6) is 0.618. The maximum atomic E-state index is 3.64. The Kier molecular flexibility index (Phi) is 6.06. The van der Waals surface area contributed by atoms with Gasteiger partial charge in [0, 0.05) is 6.04 Å². The van der Waals surface area contributed by atoms with Crippen LogP contribution in [0.15, 0.2) is 24.3 Å². The second-order valence-electron chi connectivity index (χ2n) is 6.40. The second-order valence-corrected chi connectivity index (χ2v) is 6.40. The fourth-order valence-corrected chi connectivity index (χ4v) is 2.91. The first-order valence-electron chi connectivity index (χ1n) is 8.22. The van der Waals surface area contributed by atoms with Crippen molar-refractivity contribution in [3.05, 3.63) is 35.4 Å². The summed E-state index contributed by atoms with van der Waals surface area (Å²) < 4.78 is 0. The quantitative estimate of drug-likeness (QED) is 0.757. The van der Waals surface area contributed by atoms with Gasteiger partial charge < -0.3 is 10.2 Å². The van der Waals surface area contributed by atoms with Gasteiger partial charge in [-0.1, -0.05) is 38.1 Å². The number of likely N-dealkylation sites (tertiary alicyclic amines) is 1. The molecule has 0 radical (unpaired) electrons. The van der Waals surface area contributed by atoms with E-state index in [1.165, 1.54) is 50.0 Å². The number of hydrogen-bond donors (Lipinski definition) is 1. The zero-order valence-electron chi connectivity index (χ0n) is 13.4. The molecule has 1 aliphatic rings. The topological polar surface area (TPSA) is 15.3 Å². The second kappa shape index (κ2) is 7.80. The van der Waals surface area contributed by atoms with E-state index in [1.54, 1.807) is 0 Å². The first kappa shape index (κ1) is 15.5. The maximum Gasteiger partial charge on any atom is 0.0291 e. The summed E-state index contributed by atoms with van der Waals surface area (Å²) in [5.41, 5.74) is 2.82. The molecule has 1 unspecified atom stereocenters. The summed E-state index contributed by atoms with van der Waals surface area (Å²) in [6.07, 6.45) is 4.05. The molecule has 2 rings (SSSR count). The van der Waals surface area contributed by atoms with Gasteiger partial charge in [-0.15, -0.1) is 0 Å². The number of rotatable bonds is 7. The van der Waals surface area contributed by atoms with E-state index in [9.17, 15) is 0 Å². The van der Waals surface area contributed by atoms with Crippen LogP contribution in [0, 0.1) is 0 Å². The average Bonchev–Trinajstić information content (AvgIpc) is 2.96. The van der Waals surface area contributed by atoms with Gasteiger partial charge in [0.05, 0.1) is 0 Å². The van der Waals surface area contributed by atoms with Gasteiger partial charge in [0.25, 0.3) is 0 Å². The highest BCUT2D eigenvalue weighted by Crippen LogP contribution is 2.18. The van der Waals surface area contributed by atoms with E-state index in [2.05, 4.69) is 55.3 Å². The molecule has 0 bridgehead atoms. The number of nitrogens with zero attached hydrogens (tertiary/aromatic N) is 1. The van der Waals surface area contributed by atoms with Gasteiger partial charge in [-0.25, -0.2) is 0 Å². The van der Waals surface area contributed by atoms with Crippen LogP contribution in [0.4, 0.5) is 0 Å². The fraction of sp³-hybridized carbons (Fsp3) is 0.667. The Bertz CT molecular complexity index is 377. The summed E-state index contributed by atoms with van der Waals surface area (Å²) in [7, 11) is 0. The van der Waals surface area contributed by atoms with Crippen molar-refractivity contribution in [2.75, 3.05) is 26.2 Å². The van der Waals surface area contributed by atoms with Crippen molar-refractivity contribution in [3.63, 3.8) is 0 Å². The standard InChI is InChI=1S/C18H30N2/c1-15(2)17-7-9-18(10-8-17)16(3)19-11-6-14-20-12-4-5-13-20/h7-10,15-16,19H,4-6,11-14H2,1-3H3. The van der Waals surface area contributed by atoms with E-state index >= 15 is 0 Å². The highest BCUT2D eigenvalue weighted by atomic mass is 15.1. The third-order valence-electron chi connectivity index (χ3n) is 4.40. The Hall–Kier alpha value is -0.860. The van der Waals surface area contributed by atoms with Crippen molar-refractivity contribution in [1.29, 1.82) is 0 Å². The maximum absolute atomic E-state index is 3.64. The van der Waals surface area contributed by atoms with Crippen LogP contribution in [0.2, 0.25) is 0 Å².